The summed E-state index contributed by atoms with van der Waals surface area (Å²) >= 11 is 0. The van der Waals surface area contributed by atoms with E-state index in [0.717, 1.165) is 48.0 Å². The molecule has 3 heterocycles. The van der Waals surface area contributed by atoms with E-state index < -0.39 is 0 Å². The van der Waals surface area contributed by atoms with Crippen molar-refractivity contribution in [2.45, 2.75) is 13.0 Å². The number of anilines is 1. The molecule has 7 heteroatoms. The Kier molecular flexibility index (Phi) is 4.92. The summed E-state index contributed by atoms with van der Waals surface area (Å²) in [5, 5.41) is 3.45. The summed E-state index contributed by atoms with van der Waals surface area (Å²) in [6.45, 7) is 2.76. The molecule has 2 atom stereocenters. The first-order valence-electron chi connectivity index (χ1n) is 10.2. The van der Waals surface area contributed by atoms with Gasteiger partial charge in [0.05, 0.1) is 19.4 Å². The highest BCUT2D eigenvalue weighted by atomic mass is 16.5. The highest BCUT2D eigenvalue weighted by molar-refractivity contribution is 5.60. The van der Waals surface area contributed by atoms with E-state index in [9.17, 15) is 0 Å². The maximum absolute atomic E-state index is 5.75. The van der Waals surface area contributed by atoms with Crippen LogP contribution in [0.15, 0.2) is 64.8 Å². The molecule has 1 saturated carbocycles. The van der Waals surface area contributed by atoms with Crippen molar-refractivity contribution in [3.8, 4) is 11.3 Å². The molecule has 1 N–H and O–H groups in total. The molecule has 2 aliphatic carbocycles. The van der Waals surface area contributed by atoms with Crippen LogP contribution in [0.4, 0.5) is 5.95 Å². The van der Waals surface area contributed by atoms with Crippen molar-refractivity contribution in [1.82, 2.24) is 14.9 Å². The Balaban J connectivity index is 1.47. The number of nitrogens with zero attached hydrogens (tertiary/aromatic N) is 3. The molecule has 2 unspecified atom stereocenters. The maximum Gasteiger partial charge on any atom is 0.227 e. The monoisotopic (exact) mass is 406 g/mol. The number of furan rings is 1. The van der Waals surface area contributed by atoms with Gasteiger partial charge in [-0.1, -0.05) is 12.2 Å². The summed E-state index contributed by atoms with van der Waals surface area (Å²) in [7, 11) is 3.90. The maximum atomic E-state index is 5.75. The van der Waals surface area contributed by atoms with E-state index in [0.29, 0.717) is 25.1 Å². The lowest BCUT2D eigenvalue weighted by atomic mass is 9.94. The smallest absolute Gasteiger partial charge is 0.227 e. The third-order valence-corrected chi connectivity index (χ3v) is 6.03. The summed E-state index contributed by atoms with van der Waals surface area (Å²) in [5.74, 6) is 2.79. The van der Waals surface area contributed by atoms with Crippen molar-refractivity contribution in [1.29, 1.82) is 0 Å². The van der Waals surface area contributed by atoms with Crippen LogP contribution in [0.1, 0.15) is 12.2 Å². The van der Waals surface area contributed by atoms with Crippen molar-refractivity contribution in [3.05, 3.63) is 66.1 Å². The van der Waals surface area contributed by atoms with Crippen LogP contribution in [0, 0.1) is 11.3 Å². The summed E-state index contributed by atoms with van der Waals surface area (Å²) in [6.07, 6.45) is 12.9. The zero-order valence-corrected chi connectivity index (χ0v) is 17.3. The molecule has 3 aliphatic rings. The molecule has 156 valence electrons. The zero-order valence-electron chi connectivity index (χ0n) is 17.3. The van der Waals surface area contributed by atoms with Crippen molar-refractivity contribution >= 4 is 5.95 Å². The first kappa shape index (κ1) is 19.1. The van der Waals surface area contributed by atoms with E-state index in [1.807, 2.05) is 12.1 Å². The quantitative estimate of drug-likeness (QED) is 0.726. The second kappa shape index (κ2) is 7.74. The van der Waals surface area contributed by atoms with E-state index in [-0.39, 0.29) is 5.41 Å². The van der Waals surface area contributed by atoms with Crippen molar-refractivity contribution in [2.75, 3.05) is 39.2 Å². The van der Waals surface area contributed by atoms with E-state index in [4.69, 9.17) is 18.9 Å². The van der Waals surface area contributed by atoms with Crippen LogP contribution in [-0.4, -0.2) is 48.7 Å². The van der Waals surface area contributed by atoms with Crippen LogP contribution in [-0.2, 0) is 16.1 Å². The number of fused-ring (bicyclic) bond motifs is 5. The standard InChI is InChI=1S/C23H26N4O3/c1-27-9-3-4-10-29-14-17-11-16(13-30-17)19-7-8-24-22(25-19)26-20-5-6-21(28-2)23(15-27)12-18(20)23/h3-8,11,13,18H,9-10,12,14-15H2,1-2H3,(H,24,25,26)/b4-3+. The summed E-state index contributed by atoms with van der Waals surface area (Å²) < 4.78 is 17.1. The fourth-order valence-electron chi connectivity index (χ4n) is 4.48. The number of nitrogens with one attached hydrogen (secondary N) is 1. The Morgan fingerprint density at radius 2 is 2.23 bits per heavy atom. The SMILES string of the molecule is COC1=CC=C2Nc3nccc(n3)-c3coc(c3)COC/C=C/CN(C)CC13CC23. The van der Waals surface area contributed by atoms with Crippen molar-refractivity contribution < 1.29 is 13.9 Å². The van der Waals surface area contributed by atoms with Gasteiger partial charge in [-0.05, 0) is 37.8 Å². The van der Waals surface area contributed by atoms with Crippen LogP contribution < -0.4 is 5.32 Å². The zero-order chi connectivity index (χ0) is 20.6. The Labute approximate surface area is 176 Å². The van der Waals surface area contributed by atoms with Gasteiger partial charge in [0.1, 0.15) is 24.4 Å². The van der Waals surface area contributed by atoms with Crippen LogP contribution >= 0.6 is 0 Å². The van der Waals surface area contributed by atoms with E-state index >= 15 is 0 Å². The lowest BCUT2D eigenvalue weighted by Gasteiger charge is -2.28. The molecule has 2 aromatic rings. The predicted octanol–water partition coefficient (Wildman–Crippen LogP) is 3.60. The number of rotatable bonds is 1. The molecule has 0 spiro atoms. The minimum absolute atomic E-state index is 0.00737. The van der Waals surface area contributed by atoms with Gasteiger partial charge in [0.2, 0.25) is 5.95 Å². The van der Waals surface area contributed by atoms with Gasteiger partial charge in [0.25, 0.3) is 0 Å². The van der Waals surface area contributed by atoms with Crippen molar-refractivity contribution in [2.24, 2.45) is 11.3 Å². The molecule has 0 saturated heterocycles. The predicted molar refractivity (Wildman–Crippen MR) is 113 cm³/mol. The van der Waals surface area contributed by atoms with Gasteiger partial charge < -0.3 is 24.1 Å². The Morgan fingerprint density at radius 3 is 3.13 bits per heavy atom. The third kappa shape index (κ3) is 3.55. The second-order valence-corrected chi connectivity index (χ2v) is 8.15. The number of hydrogen-bond acceptors (Lipinski definition) is 7. The number of likely N-dealkylation sites (N-methyl/N-ethyl adjacent to an activating group) is 1. The first-order valence-corrected chi connectivity index (χ1v) is 10.2. The van der Waals surface area contributed by atoms with Gasteiger partial charge in [-0.3, -0.25) is 0 Å². The lowest BCUT2D eigenvalue weighted by molar-refractivity contribution is 0.131. The highest BCUT2D eigenvalue weighted by Gasteiger charge is 2.61. The van der Waals surface area contributed by atoms with Crippen molar-refractivity contribution in [3.63, 3.8) is 0 Å². The van der Waals surface area contributed by atoms with E-state index in [1.165, 1.54) is 0 Å². The Bertz CT molecular complexity index is 1020. The molecule has 6 bridgehead atoms. The molecule has 1 fully saturated rings. The fraction of sp³-hybridized carbons (Fsp3) is 0.391. The summed E-state index contributed by atoms with van der Waals surface area (Å²) in [6, 6.07) is 3.85. The molecule has 1 aliphatic heterocycles. The van der Waals surface area contributed by atoms with Crippen LogP contribution in [0.3, 0.4) is 0 Å². The average molecular weight is 406 g/mol. The normalized spacial score (nSPS) is 27.5. The lowest BCUT2D eigenvalue weighted by Crippen LogP contribution is -2.31. The Hall–Kier alpha value is -2.90. The second-order valence-electron chi connectivity index (χ2n) is 8.15. The minimum atomic E-state index is 0.00737. The molecule has 0 aromatic carbocycles. The molecule has 5 rings (SSSR count). The van der Waals surface area contributed by atoms with E-state index in [1.54, 1.807) is 19.6 Å². The number of methoxy groups -OCH3 is 1. The van der Waals surface area contributed by atoms with Gasteiger partial charge in [-0.25, -0.2) is 9.97 Å². The Morgan fingerprint density at radius 1 is 1.30 bits per heavy atom. The van der Waals surface area contributed by atoms with Crippen LogP contribution in [0.25, 0.3) is 11.3 Å². The largest absolute Gasteiger partial charge is 0.500 e. The van der Waals surface area contributed by atoms with Gasteiger partial charge in [0, 0.05) is 41.9 Å². The molecular weight excluding hydrogens is 380 g/mol. The molecule has 7 nitrogen and oxygen atoms in total. The molecule has 0 radical (unpaired) electrons. The molecule has 30 heavy (non-hydrogen) atoms. The van der Waals surface area contributed by atoms with Gasteiger partial charge >= 0.3 is 0 Å². The molecular formula is C23H26N4O3. The van der Waals surface area contributed by atoms with Gasteiger partial charge in [-0.2, -0.15) is 0 Å². The molecule has 2 aromatic heterocycles. The van der Waals surface area contributed by atoms with Crippen LogP contribution in [0.2, 0.25) is 0 Å². The average Bonchev–Trinajstić information content (AvgIpc) is 3.29. The topological polar surface area (TPSA) is 72.6 Å². The first-order chi connectivity index (χ1) is 14.7. The van der Waals surface area contributed by atoms with Gasteiger partial charge in [0.15, 0.2) is 0 Å². The van der Waals surface area contributed by atoms with Gasteiger partial charge in [-0.15, -0.1) is 0 Å². The number of ether oxygens (including phenoxy) is 2. The highest BCUT2D eigenvalue weighted by Crippen LogP contribution is 2.63. The fourth-order valence-corrected chi connectivity index (χ4v) is 4.48. The summed E-state index contributed by atoms with van der Waals surface area (Å²) in [4.78, 5) is 11.4. The molecule has 0 amide bonds. The number of aromatic nitrogens is 2. The number of allylic oxidation sites excluding steroid dienone is 3. The third-order valence-electron chi connectivity index (χ3n) is 6.03. The number of hydrogen-bond donors (Lipinski definition) is 1. The van der Waals surface area contributed by atoms with Crippen LogP contribution in [0.5, 0.6) is 0 Å². The summed E-state index contributed by atoms with van der Waals surface area (Å²) in [5.41, 5.74) is 2.87. The van der Waals surface area contributed by atoms with E-state index in [2.05, 4.69) is 46.6 Å². The minimum Gasteiger partial charge on any atom is -0.500 e.